The Balaban J connectivity index is 1.92. The third-order valence-electron chi connectivity index (χ3n) is 5.42. The molecule has 7 heteroatoms. The minimum Gasteiger partial charge on any atom is -0.497 e. The summed E-state index contributed by atoms with van der Waals surface area (Å²) in [7, 11) is 3.54. The molecule has 1 aromatic heterocycles. The first kappa shape index (κ1) is 25.7. The van der Waals surface area contributed by atoms with Crippen molar-refractivity contribution in [1.82, 2.24) is 14.7 Å². The highest BCUT2D eigenvalue weighted by Gasteiger charge is 2.23. The molecule has 7 nitrogen and oxygen atoms in total. The first-order valence-electron chi connectivity index (χ1n) is 11.9. The standard InChI is InChI=1S/C27H37N3O4/c1-6-16-30(17-22(31)19-33-20(2)3)18-25-26(21-10-8-7-9-11-21)28-29(4)27(25)34-24-14-12-23(32-5)13-15-24/h7-15,20,22,31H,6,16-19H2,1-5H3. The lowest BCUT2D eigenvalue weighted by atomic mass is 10.1. The van der Waals surface area contributed by atoms with Crippen molar-refractivity contribution in [3.05, 3.63) is 60.2 Å². The largest absolute Gasteiger partial charge is 0.497 e. The average Bonchev–Trinajstić information content (AvgIpc) is 3.13. The van der Waals surface area contributed by atoms with E-state index in [-0.39, 0.29) is 6.10 Å². The Bertz CT molecular complexity index is 1000. The summed E-state index contributed by atoms with van der Waals surface area (Å²) < 4.78 is 19.0. The predicted molar refractivity (Wildman–Crippen MR) is 134 cm³/mol. The van der Waals surface area contributed by atoms with Gasteiger partial charge in [0.05, 0.1) is 31.5 Å². The van der Waals surface area contributed by atoms with Gasteiger partial charge in [0.2, 0.25) is 5.88 Å². The molecule has 0 saturated carbocycles. The van der Waals surface area contributed by atoms with E-state index in [9.17, 15) is 5.11 Å². The van der Waals surface area contributed by atoms with Crippen LogP contribution in [0.1, 0.15) is 32.8 Å². The Morgan fingerprint density at radius 2 is 1.71 bits per heavy atom. The quantitative estimate of drug-likeness (QED) is 0.386. The SMILES string of the molecule is CCCN(Cc1c(-c2ccccc2)nn(C)c1Oc1ccc(OC)cc1)CC(O)COC(C)C. The molecular formula is C27H37N3O4. The Labute approximate surface area is 202 Å². The molecule has 2 aromatic carbocycles. The lowest BCUT2D eigenvalue weighted by Gasteiger charge is -2.25. The number of aryl methyl sites for hydroxylation is 1. The van der Waals surface area contributed by atoms with Crippen LogP contribution in [0, 0.1) is 0 Å². The fraction of sp³-hybridized carbons (Fsp3) is 0.444. The number of aliphatic hydroxyl groups is 1. The maximum absolute atomic E-state index is 10.6. The predicted octanol–water partition coefficient (Wildman–Crippen LogP) is 4.89. The second-order valence-corrected chi connectivity index (χ2v) is 8.67. The Kier molecular flexibility index (Phi) is 9.51. The van der Waals surface area contributed by atoms with Crippen molar-refractivity contribution in [2.45, 2.75) is 45.9 Å². The number of hydrogen-bond donors (Lipinski definition) is 1. The lowest BCUT2D eigenvalue weighted by molar-refractivity contribution is -0.00953. The molecule has 184 valence electrons. The van der Waals surface area contributed by atoms with Gasteiger partial charge in [0.1, 0.15) is 17.2 Å². The van der Waals surface area contributed by atoms with Crippen LogP contribution in [0.25, 0.3) is 11.3 Å². The fourth-order valence-electron chi connectivity index (χ4n) is 3.83. The van der Waals surface area contributed by atoms with E-state index < -0.39 is 6.10 Å². The Morgan fingerprint density at radius 1 is 1.03 bits per heavy atom. The van der Waals surface area contributed by atoms with Gasteiger partial charge in [-0.1, -0.05) is 37.3 Å². The van der Waals surface area contributed by atoms with Gasteiger partial charge in [0.25, 0.3) is 0 Å². The van der Waals surface area contributed by atoms with Gasteiger partial charge in [0.15, 0.2) is 0 Å². The van der Waals surface area contributed by atoms with Crippen LogP contribution in [-0.2, 0) is 18.3 Å². The van der Waals surface area contributed by atoms with Crippen molar-refractivity contribution in [2.75, 3.05) is 26.8 Å². The normalized spacial score (nSPS) is 12.4. The molecule has 0 aliphatic heterocycles. The summed E-state index contributed by atoms with van der Waals surface area (Å²) in [6.45, 7) is 8.33. The summed E-state index contributed by atoms with van der Waals surface area (Å²) in [6, 6.07) is 17.6. The molecule has 0 spiro atoms. The second kappa shape index (κ2) is 12.6. The monoisotopic (exact) mass is 467 g/mol. The molecule has 1 unspecified atom stereocenters. The summed E-state index contributed by atoms with van der Waals surface area (Å²) in [6.07, 6.45) is 0.478. The summed E-state index contributed by atoms with van der Waals surface area (Å²) in [5, 5.41) is 15.4. The molecule has 0 aliphatic carbocycles. The topological polar surface area (TPSA) is 69.0 Å². The summed E-state index contributed by atoms with van der Waals surface area (Å²) in [4.78, 5) is 2.23. The van der Waals surface area contributed by atoms with Crippen LogP contribution in [-0.4, -0.2) is 58.8 Å². The molecule has 0 aliphatic rings. The number of nitrogens with zero attached hydrogens (tertiary/aromatic N) is 3. The average molecular weight is 468 g/mol. The van der Waals surface area contributed by atoms with Gasteiger partial charge in [-0.15, -0.1) is 0 Å². The molecular weight excluding hydrogens is 430 g/mol. The number of ether oxygens (including phenoxy) is 3. The van der Waals surface area contributed by atoms with Gasteiger partial charge >= 0.3 is 0 Å². The zero-order valence-corrected chi connectivity index (χ0v) is 20.9. The van der Waals surface area contributed by atoms with Crippen molar-refractivity contribution >= 4 is 0 Å². The van der Waals surface area contributed by atoms with Gasteiger partial charge in [-0.3, -0.25) is 4.90 Å². The number of rotatable bonds is 13. The van der Waals surface area contributed by atoms with Crippen LogP contribution in [0.15, 0.2) is 54.6 Å². The van der Waals surface area contributed by atoms with Gasteiger partial charge in [-0.25, -0.2) is 4.68 Å². The molecule has 1 atom stereocenters. The van der Waals surface area contributed by atoms with Crippen molar-refractivity contribution < 1.29 is 19.3 Å². The highest BCUT2D eigenvalue weighted by atomic mass is 16.5. The Hall–Kier alpha value is -2.87. The van der Waals surface area contributed by atoms with Gasteiger partial charge in [0, 0.05) is 25.7 Å². The van der Waals surface area contributed by atoms with Crippen molar-refractivity contribution in [2.24, 2.45) is 7.05 Å². The van der Waals surface area contributed by atoms with Gasteiger partial charge in [-0.05, 0) is 51.1 Å². The van der Waals surface area contributed by atoms with Crippen LogP contribution in [0.5, 0.6) is 17.4 Å². The summed E-state index contributed by atoms with van der Waals surface area (Å²) in [5.41, 5.74) is 2.88. The van der Waals surface area contributed by atoms with Gasteiger partial charge < -0.3 is 19.3 Å². The molecule has 3 rings (SSSR count). The van der Waals surface area contributed by atoms with E-state index >= 15 is 0 Å². The van der Waals surface area contributed by atoms with E-state index in [0.29, 0.717) is 31.3 Å². The smallest absolute Gasteiger partial charge is 0.222 e. The first-order valence-corrected chi connectivity index (χ1v) is 11.9. The van der Waals surface area contributed by atoms with E-state index in [1.807, 2.05) is 63.4 Å². The second-order valence-electron chi connectivity index (χ2n) is 8.67. The van der Waals surface area contributed by atoms with E-state index in [1.54, 1.807) is 11.8 Å². The zero-order chi connectivity index (χ0) is 24.5. The first-order chi connectivity index (χ1) is 16.4. The number of methoxy groups -OCH3 is 1. The third-order valence-corrected chi connectivity index (χ3v) is 5.42. The lowest BCUT2D eigenvalue weighted by Crippen LogP contribution is -2.35. The number of hydrogen-bond acceptors (Lipinski definition) is 6. The van der Waals surface area contributed by atoms with Crippen molar-refractivity contribution in [3.63, 3.8) is 0 Å². The molecule has 34 heavy (non-hydrogen) atoms. The minimum atomic E-state index is -0.572. The zero-order valence-electron chi connectivity index (χ0n) is 20.9. The number of aliphatic hydroxyl groups excluding tert-OH is 1. The van der Waals surface area contributed by atoms with Crippen LogP contribution >= 0.6 is 0 Å². The molecule has 0 radical (unpaired) electrons. The fourth-order valence-corrected chi connectivity index (χ4v) is 3.83. The maximum Gasteiger partial charge on any atom is 0.222 e. The molecule has 0 fully saturated rings. The maximum atomic E-state index is 10.6. The molecule has 0 amide bonds. The van der Waals surface area contributed by atoms with E-state index in [2.05, 4.69) is 24.0 Å². The van der Waals surface area contributed by atoms with Crippen molar-refractivity contribution in [3.8, 4) is 28.6 Å². The van der Waals surface area contributed by atoms with E-state index in [4.69, 9.17) is 19.3 Å². The Morgan fingerprint density at radius 3 is 2.32 bits per heavy atom. The molecule has 3 aromatic rings. The van der Waals surface area contributed by atoms with Crippen LogP contribution in [0.2, 0.25) is 0 Å². The summed E-state index contributed by atoms with van der Waals surface area (Å²) >= 11 is 0. The van der Waals surface area contributed by atoms with Gasteiger partial charge in [-0.2, -0.15) is 5.10 Å². The highest BCUT2D eigenvalue weighted by molar-refractivity contribution is 5.65. The van der Waals surface area contributed by atoms with E-state index in [0.717, 1.165) is 35.5 Å². The third kappa shape index (κ3) is 7.06. The van der Waals surface area contributed by atoms with Crippen molar-refractivity contribution in [1.29, 1.82) is 0 Å². The van der Waals surface area contributed by atoms with E-state index in [1.165, 1.54) is 0 Å². The number of aromatic nitrogens is 2. The van der Waals surface area contributed by atoms with Crippen LogP contribution in [0.3, 0.4) is 0 Å². The highest BCUT2D eigenvalue weighted by Crippen LogP contribution is 2.34. The molecule has 1 heterocycles. The van der Waals surface area contributed by atoms with Crippen LogP contribution < -0.4 is 9.47 Å². The number of benzene rings is 2. The molecule has 0 saturated heterocycles. The van der Waals surface area contributed by atoms with Crippen LogP contribution in [0.4, 0.5) is 0 Å². The molecule has 1 N–H and O–H groups in total. The summed E-state index contributed by atoms with van der Waals surface area (Å²) in [5.74, 6) is 2.16. The minimum absolute atomic E-state index is 0.0850. The molecule has 0 bridgehead atoms.